The van der Waals surface area contributed by atoms with E-state index in [1.54, 1.807) is 12.1 Å². The lowest BCUT2D eigenvalue weighted by Crippen LogP contribution is -2.42. The average Bonchev–Trinajstić information content (AvgIpc) is 2.98. The monoisotopic (exact) mass is 281 g/mol. The van der Waals surface area contributed by atoms with E-state index in [1.165, 1.54) is 26.4 Å². The van der Waals surface area contributed by atoms with Crippen LogP contribution in [-0.4, -0.2) is 35.2 Å². The van der Waals surface area contributed by atoms with Gasteiger partial charge in [-0.05, 0) is 30.8 Å². The number of rotatable bonds is 3. The third kappa shape index (κ3) is 2.55. The van der Waals surface area contributed by atoms with Crippen molar-refractivity contribution in [3.63, 3.8) is 0 Å². The normalized spacial score (nSPS) is 19.1. The molecule has 2 rings (SSSR count). The Morgan fingerprint density at radius 2 is 2.26 bits per heavy atom. The number of ether oxygens (including phenoxy) is 1. The van der Waals surface area contributed by atoms with Crippen LogP contribution in [-0.2, 0) is 14.3 Å². The van der Waals surface area contributed by atoms with Gasteiger partial charge in [0.15, 0.2) is 0 Å². The summed E-state index contributed by atoms with van der Waals surface area (Å²) in [4.78, 5) is 36.3. The lowest BCUT2D eigenvalue weighted by atomic mass is 10.3. The van der Waals surface area contributed by atoms with Gasteiger partial charge in [0.25, 0.3) is 11.1 Å². The number of imide groups is 1. The molecule has 0 N–H and O–H groups in total. The van der Waals surface area contributed by atoms with Crippen molar-refractivity contribution in [3.8, 4) is 0 Å². The highest BCUT2D eigenvalue weighted by molar-refractivity contribution is 8.18. The molecule has 2 amide bonds. The maximum absolute atomic E-state index is 12.1. The molecule has 0 radical (unpaired) electrons. The van der Waals surface area contributed by atoms with Crippen molar-refractivity contribution in [2.24, 2.45) is 0 Å². The van der Waals surface area contributed by atoms with Gasteiger partial charge in [-0.25, -0.2) is 4.79 Å². The highest BCUT2D eigenvalue weighted by Crippen LogP contribution is 2.33. The molecule has 1 aromatic heterocycles. The third-order valence-corrected chi connectivity index (χ3v) is 3.45. The van der Waals surface area contributed by atoms with Crippen LogP contribution in [0.4, 0.5) is 4.79 Å². The van der Waals surface area contributed by atoms with Crippen LogP contribution in [0.1, 0.15) is 12.7 Å². The van der Waals surface area contributed by atoms with Gasteiger partial charge in [-0.3, -0.25) is 14.5 Å². The van der Waals surface area contributed by atoms with Gasteiger partial charge in [0.2, 0.25) is 0 Å². The number of thioether (sulfide) groups is 1. The molecule has 1 fully saturated rings. The van der Waals surface area contributed by atoms with Gasteiger partial charge >= 0.3 is 5.97 Å². The fourth-order valence-corrected chi connectivity index (χ4v) is 2.48. The molecule has 0 aliphatic carbocycles. The Balaban J connectivity index is 2.24. The van der Waals surface area contributed by atoms with Gasteiger partial charge in [0.1, 0.15) is 11.8 Å². The van der Waals surface area contributed by atoms with Crippen molar-refractivity contribution in [2.45, 2.75) is 13.0 Å². The summed E-state index contributed by atoms with van der Waals surface area (Å²) in [6.07, 6.45) is 2.93. The topological polar surface area (TPSA) is 76.8 Å². The van der Waals surface area contributed by atoms with Crippen LogP contribution >= 0.6 is 11.8 Å². The molecule has 1 atom stereocenters. The van der Waals surface area contributed by atoms with Gasteiger partial charge in [0, 0.05) is 6.08 Å². The Hall–Kier alpha value is -2.02. The predicted octanol–water partition coefficient (Wildman–Crippen LogP) is 1.88. The number of methoxy groups -OCH3 is 1. The average molecular weight is 281 g/mol. The summed E-state index contributed by atoms with van der Waals surface area (Å²) in [6, 6.07) is 2.39. The zero-order chi connectivity index (χ0) is 14.0. The number of carbonyl (C=O) groups is 3. The molecular formula is C12H11NO5S. The second-order valence-corrected chi connectivity index (χ2v) is 4.76. The Morgan fingerprint density at radius 3 is 2.84 bits per heavy atom. The summed E-state index contributed by atoms with van der Waals surface area (Å²) in [5.41, 5.74) is 0. The lowest BCUT2D eigenvalue weighted by Gasteiger charge is -2.18. The molecule has 1 aliphatic rings. The van der Waals surface area contributed by atoms with Crippen LogP contribution in [0.15, 0.2) is 27.7 Å². The number of nitrogens with zero attached hydrogens (tertiary/aromatic N) is 1. The number of esters is 1. The lowest BCUT2D eigenvalue weighted by molar-refractivity contribution is -0.148. The molecule has 0 aromatic carbocycles. The Kier molecular flexibility index (Phi) is 3.75. The maximum atomic E-state index is 12.1. The second-order valence-electron chi connectivity index (χ2n) is 3.77. The molecule has 0 saturated carbocycles. The molecule has 6 nitrogen and oxygen atoms in total. The van der Waals surface area contributed by atoms with E-state index in [-0.39, 0.29) is 4.91 Å². The van der Waals surface area contributed by atoms with Crippen LogP contribution in [0.5, 0.6) is 0 Å². The van der Waals surface area contributed by atoms with Gasteiger partial charge in [-0.15, -0.1) is 0 Å². The van der Waals surface area contributed by atoms with Gasteiger partial charge < -0.3 is 9.15 Å². The molecule has 19 heavy (non-hydrogen) atoms. The van der Waals surface area contributed by atoms with Gasteiger partial charge in [-0.1, -0.05) is 0 Å². The molecule has 2 heterocycles. The van der Waals surface area contributed by atoms with E-state index in [0.717, 1.165) is 16.7 Å². The molecule has 7 heteroatoms. The van der Waals surface area contributed by atoms with E-state index >= 15 is 0 Å². The first-order chi connectivity index (χ1) is 9.04. The van der Waals surface area contributed by atoms with E-state index in [1.807, 2.05) is 0 Å². The minimum Gasteiger partial charge on any atom is -0.467 e. The van der Waals surface area contributed by atoms with Crippen molar-refractivity contribution < 1.29 is 23.5 Å². The van der Waals surface area contributed by atoms with Crippen molar-refractivity contribution >= 4 is 35.0 Å². The number of amides is 2. The number of furan rings is 1. The minimum atomic E-state index is -0.944. The van der Waals surface area contributed by atoms with E-state index in [2.05, 4.69) is 4.74 Å². The van der Waals surface area contributed by atoms with Crippen molar-refractivity contribution in [1.82, 2.24) is 4.90 Å². The molecule has 100 valence electrons. The van der Waals surface area contributed by atoms with Crippen LogP contribution in [0.2, 0.25) is 0 Å². The van der Waals surface area contributed by atoms with E-state index in [0.29, 0.717) is 5.76 Å². The quantitative estimate of drug-likeness (QED) is 0.622. The predicted molar refractivity (Wildman–Crippen MR) is 68.0 cm³/mol. The fourth-order valence-electron chi connectivity index (χ4n) is 1.59. The summed E-state index contributed by atoms with van der Waals surface area (Å²) in [7, 11) is 1.20. The molecule has 1 aromatic rings. The number of hydrogen-bond acceptors (Lipinski definition) is 6. The zero-order valence-corrected chi connectivity index (χ0v) is 11.1. The number of hydrogen-bond donors (Lipinski definition) is 0. The first-order valence-corrected chi connectivity index (χ1v) is 6.24. The zero-order valence-electron chi connectivity index (χ0n) is 10.3. The van der Waals surface area contributed by atoms with Crippen molar-refractivity contribution in [2.75, 3.05) is 7.11 Å². The van der Waals surface area contributed by atoms with E-state index in [4.69, 9.17) is 4.42 Å². The Bertz CT molecular complexity index is 548. The van der Waals surface area contributed by atoms with Crippen molar-refractivity contribution in [3.05, 3.63) is 29.1 Å². The molecule has 1 aliphatic heterocycles. The number of carbonyl (C=O) groups excluding carboxylic acids is 3. The first-order valence-electron chi connectivity index (χ1n) is 5.43. The second kappa shape index (κ2) is 5.31. The van der Waals surface area contributed by atoms with Crippen LogP contribution < -0.4 is 0 Å². The summed E-state index contributed by atoms with van der Waals surface area (Å²) in [6.45, 7) is 1.44. The SMILES string of the molecule is COC(=O)C(C)N1C(=O)S/C(=C/c2ccco2)C1=O. The Labute approximate surface area is 113 Å². The molecule has 1 saturated heterocycles. The van der Waals surface area contributed by atoms with Gasteiger partial charge in [0.05, 0.1) is 18.3 Å². The van der Waals surface area contributed by atoms with Gasteiger partial charge in [-0.2, -0.15) is 0 Å². The fraction of sp³-hybridized carbons (Fsp3) is 0.250. The molecule has 0 bridgehead atoms. The van der Waals surface area contributed by atoms with Crippen LogP contribution in [0.3, 0.4) is 0 Å². The third-order valence-electron chi connectivity index (χ3n) is 2.57. The first kappa shape index (κ1) is 13.4. The summed E-state index contributed by atoms with van der Waals surface area (Å²) >= 11 is 0.767. The maximum Gasteiger partial charge on any atom is 0.328 e. The molecular weight excluding hydrogens is 270 g/mol. The Morgan fingerprint density at radius 1 is 1.53 bits per heavy atom. The summed E-state index contributed by atoms with van der Waals surface area (Å²) < 4.78 is 9.61. The highest BCUT2D eigenvalue weighted by atomic mass is 32.2. The largest absolute Gasteiger partial charge is 0.467 e. The summed E-state index contributed by atoms with van der Waals surface area (Å²) in [5.74, 6) is -0.693. The smallest absolute Gasteiger partial charge is 0.328 e. The van der Waals surface area contributed by atoms with E-state index in [9.17, 15) is 14.4 Å². The standard InChI is InChI=1S/C12H11NO5S/c1-7(11(15)17-2)13-10(14)9(19-12(13)16)6-8-4-3-5-18-8/h3-7H,1-2H3/b9-6+. The van der Waals surface area contributed by atoms with E-state index < -0.39 is 23.2 Å². The minimum absolute atomic E-state index is 0.218. The van der Waals surface area contributed by atoms with Crippen molar-refractivity contribution in [1.29, 1.82) is 0 Å². The van der Waals surface area contributed by atoms with Crippen LogP contribution in [0.25, 0.3) is 6.08 Å². The molecule has 1 unspecified atom stereocenters. The highest BCUT2D eigenvalue weighted by Gasteiger charge is 2.41. The van der Waals surface area contributed by atoms with Crippen LogP contribution in [0, 0.1) is 0 Å². The molecule has 0 spiro atoms. The summed E-state index contributed by atoms with van der Waals surface area (Å²) in [5, 5.41) is -0.499.